The molecule has 0 radical (unpaired) electrons. The van der Waals surface area contributed by atoms with E-state index in [-0.39, 0.29) is 25.6 Å². The Morgan fingerprint density at radius 1 is 1.47 bits per heavy atom. The summed E-state index contributed by atoms with van der Waals surface area (Å²) in [4.78, 5) is 11.6. The van der Waals surface area contributed by atoms with E-state index in [4.69, 9.17) is 10.8 Å². The van der Waals surface area contributed by atoms with Crippen molar-refractivity contribution in [2.24, 2.45) is 11.7 Å². The number of aliphatic hydroxyl groups excluding tert-OH is 1. The predicted molar refractivity (Wildman–Crippen MR) is 45.8 cm³/mol. The van der Waals surface area contributed by atoms with Crippen LogP contribution in [0, 0.1) is 5.92 Å². The highest BCUT2D eigenvalue weighted by atomic mass is 19.4. The van der Waals surface area contributed by atoms with Crippen molar-refractivity contribution in [3.8, 4) is 0 Å². The molecule has 0 aromatic carbocycles. The number of nitrogens with zero attached hydrogens (tertiary/aromatic N) is 1. The smallest absolute Gasteiger partial charge is 0.396 e. The van der Waals surface area contributed by atoms with Crippen LogP contribution in [0.15, 0.2) is 0 Å². The molecule has 1 fully saturated rings. The first-order chi connectivity index (χ1) is 6.84. The highest BCUT2D eigenvalue weighted by molar-refractivity contribution is 5.82. The molecule has 0 saturated carbocycles. The molecule has 7 heteroatoms. The fraction of sp³-hybridized carbons (Fsp3) is 0.875. The van der Waals surface area contributed by atoms with Crippen molar-refractivity contribution in [3.63, 3.8) is 0 Å². The molecule has 4 nitrogen and oxygen atoms in total. The molecule has 1 aliphatic heterocycles. The van der Waals surface area contributed by atoms with Gasteiger partial charge < -0.3 is 15.7 Å². The molecule has 3 N–H and O–H groups in total. The van der Waals surface area contributed by atoms with Gasteiger partial charge in [0, 0.05) is 31.7 Å². The minimum atomic E-state index is -4.86. The zero-order chi connectivity index (χ0) is 11.6. The Balaban J connectivity index is 2.66. The lowest BCUT2D eigenvalue weighted by Crippen LogP contribution is -2.53. The maximum absolute atomic E-state index is 12.1. The monoisotopic (exact) mass is 226 g/mol. The second-order valence-electron chi connectivity index (χ2n) is 3.75. The Morgan fingerprint density at radius 2 is 2.07 bits per heavy atom. The van der Waals surface area contributed by atoms with Crippen LogP contribution in [-0.2, 0) is 4.79 Å². The third-order valence-corrected chi connectivity index (χ3v) is 2.36. The topological polar surface area (TPSA) is 66.6 Å². The summed E-state index contributed by atoms with van der Waals surface area (Å²) in [6.45, 7) is -0.438. The number of alkyl halides is 3. The van der Waals surface area contributed by atoms with Crippen molar-refractivity contribution in [1.29, 1.82) is 0 Å². The number of rotatable bonds is 1. The van der Waals surface area contributed by atoms with Crippen LogP contribution in [0.5, 0.6) is 0 Å². The van der Waals surface area contributed by atoms with Crippen LogP contribution in [0.2, 0.25) is 0 Å². The molecule has 0 aromatic rings. The van der Waals surface area contributed by atoms with Gasteiger partial charge in [-0.15, -0.1) is 0 Å². The van der Waals surface area contributed by atoms with Gasteiger partial charge in [0.05, 0.1) is 0 Å². The van der Waals surface area contributed by atoms with Gasteiger partial charge in [0.15, 0.2) is 0 Å². The first-order valence-corrected chi connectivity index (χ1v) is 4.57. The number of carbonyl (C=O) groups is 1. The van der Waals surface area contributed by atoms with Gasteiger partial charge in [0.2, 0.25) is 0 Å². The molecule has 1 rings (SSSR count). The molecule has 0 unspecified atom stereocenters. The molecule has 2 atom stereocenters. The van der Waals surface area contributed by atoms with Crippen molar-refractivity contribution >= 4 is 5.91 Å². The third kappa shape index (κ3) is 3.07. The number of nitrogens with two attached hydrogens (primary N) is 1. The predicted octanol–water partition coefficient (Wildman–Crippen LogP) is -0.283. The van der Waals surface area contributed by atoms with E-state index >= 15 is 0 Å². The largest absolute Gasteiger partial charge is 0.471 e. The van der Waals surface area contributed by atoms with Crippen molar-refractivity contribution in [2.75, 3.05) is 19.7 Å². The molecule has 0 spiro atoms. The number of hydrogen-bond acceptors (Lipinski definition) is 3. The Hall–Kier alpha value is -0.820. The number of aliphatic hydroxyl groups is 1. The Morgan fingerprint density at radius 3 is 2.53 bits per heavy atom. The first-order valence-electron chi connectivity index (χ1n) is 4.57. The normalized spacial score (nSPS) is 27.9. The van der Waals surface area contributed by atoms with Gasteiger partial charge in [-0.2, -0.15) is 13.2 Å². The van der Waals surface area contributed by atoms with E-state index in [0.717, 1.165) is 0 Å². The first kappa shape index (κ1) is 12.3. The summed E-state index contributed by atoms with van der Waals surface area (Å²) in [5, 5.41) is 8.84. The van der Waals surface area contributed by atoms with Gasteiger partial charge >= 0.3 is 12.1 Å². The fourth-order valence-electron chi connectivity index (χ4n) is 1.72. The SMILES string of the molecule is N[C@@H]1C[C@H](CO)CN(C(=O)C(F)(F)F)C1. The number of hydrogen-bond donors (Lipinski definition) is 2. The van der Waals surface area contributed by atoms with Crippen LogP contribution in [0.3, 0.4) is 0 Å². The summed E-state index contributed by atoms with van der Waals surface area (Å²) >= 11 is 0. The molecule has 0 aromatic heterocycles. The van der Waals surface area contributed by atoms with Gasteiger partial charge in [0.25, 0.3) is 0 Å². The number of halogens is 3. The third-order valence-electron chi connectivity index (χ3n) is 2.36. The number of amides is 1. The van der Waals surface area contributed by atoms with E-state index < -0.39 is 18.1 Å². The lowest BCUT2D eigenvalue weighted by molar-refractivity contribution is -0.187. The summed E-state index contributed by atoms with van der Waals surface area (Å²) in [6, 6.07) is -0.498. The van der Waals surface area contributed by atoms with Crippen molar-refractivity contribution in [1.82, 2.24) is 4.90 Å². The van der Waals surface area contributed by atoms with Crippen LogP contribution >= 0.6 is 0 Å². The second-order valence-corrected chi connectivity index (χ2v) is 3.75. The second kappa shape index (κ2) is 4.36. The quantitative estimate of drug-likeness (QED) is 0.646. The number of carbonyl (C=O) groups excluding carboxylic acids is 1. The van der Waals surface area contributed by atoms with Gasteiger partial charge in [-0.1, -0.05) is 0 Å². The lowest BCUT2D eigenvalue weighted by Gasteiger charge is -2.35. The van der Waals surface area contributed by atoms with E-state index in [1.807, 2.05) is 0 Å². The molecule has 1 saturated heterocycles. The van der Waals surface area contributed by atoms with Gasteiger partial charge in [-0.3, -0.25) is 4.79 Å². The van der Waals surface area contributed by atoms with Crippen molar-refractivity contribution in [3.05, 3.63) is 0 Å². The van der Waals surface area contributed by atoms with E-state index in [1.165, 1.54) is 0 Å². The maximum Gasteiger partial charge on any atom is 0.471 e. The van der Waals surface area contributed by atoms with Gasteiger partial charge in [0.1, 0.15) is 0 Å². The standard InChI is InChI=1S/C8H13F3N2O2/c9-8(10,11)7(15)13-2-5(4-14)1-6(12)3-13/h5-6,14H,1-4,12H2/t5-,6+/m0/s1. The molecule has 0 aliphatic carbocycles. The fourth-order valence-corrected chi connectivity index (χ4v) is 1.72. The van der Waals surface area contributed by atoms with Gasteiger partial charge in [-0.05, 0) is 6.42 Å². The molecule has 1 amide bonds. The van der Waals surface area contributed by atoms with Crippen LogP contribution in [0.25, 0.3) is 0 Å². The number of piperidine rings is 1. The van der Waals surface area contributed by atoms with Crippen LogP contribution in [0.1, 0.15) is 6.42 Å². The van der Waals surface area contributed by atoms with Gasteiger partial charge in [-0.25, -0.2) is 0 Å². The van der Waals surface area contributed by atoms with Crippen molar-refractivity contribution in [2.45, 2.75) is 18.6 Å². The zero-order valence-corrected chi connectivity index (χ0v) is 8.00. The summed E-state index contributed by atoms with van der Waals surface area (Å²) < 4.78 is 36.3. The Bertz CT molecular complexity index is 245. The molecule has 1 heterocycles. The summed E-state index contributed by atoms with van der Waals surface area (Å²) in [5.41, 5.74) is 5.50. The Labute approximate surface area is 84.8 Å². The molecular weight excluding hydrogens is 213 g/mol. The van der Waals surface area contributed by atoms with E-state index in [2.05, 4.69) is 0 Å². The molecular formula is C8H13F3N2O2. The summed E-state index contributed by atoms with van der Waals surface area (Å²) in [6.07, 6.45) is -4.42. The average molecular weight is 226 g/mol. The average Bonchev–Trinajstić information content (AvgIpc) is 2.14. The number of likely N-dealkylation sites (tertiary alicyclic amines) is 1. The highest BCUT2D eigenvalue weighted by Crippen LogP contribution is 2.23. The molecule has 15 heavy (non-hydrogen) atoms. The van der Waals surface area contributed by atoms with Crippen LogP contribution in [0.4, 0.5) is 13.2 Å². The van der Waals surface area contributed by atoms with Crippen LogP contribution < -0.4 is 5.73 Å². The lowest BCUT2D eigenvalue weighted by atomic mass is 9.95. The van der Waals surface area contributed by atoms with Crippen LogP contribution in [-0.4, -0.2) is 47.8 Å². The highest BCUT2D eigenvalue weighted by Gasteiger charge is 2.44. The van der Waals surface area contributed by atoms with E-state index in [9.17, 15) is 18.0 Å². The Kier molecular flexibility index (Phi) is 3.56. The summed E-state index contributed by atoms with van der Waals surface area (Å²) in [7, 11) is 0. The zero-order valence-electron chi connectivity index (χ0n) is 8.00. The summed E-state index contributed by atoms with van der Waals surface area (Å²) in [5.74, 6) is -2.24. The molecule has 0 bridgehead atoms. The van der Waals surface area contributed by atoms with E-state index in [0.29, 0.717) is 11.3 Å². The molecule has 88 valence electrons. The molecule has 1 aliphatic rings. The minimum Gasteiger partial charge on any atom is -0.396 e. The minimum absolute atomic E-state index is 0.0808. The maximum atomic E-state index is 12.1. The van der Waals surface area contributed by atoms with Crippen molar-refractivity contribution < 1.29 is 23.1 Å². The van der Waals surface area contributed by atoms with E-state index in [1.54, 1.807) is 0 Å².